The van der Waals surface area contributed by atoms with Crippen molar-refractivity contribution < 1.29 is 22.4 Å². The van der Waals surface area contributed by atoms with Crippen LogP contribution >= 0.6 is 11.3 Å². The standard InChI is InChI=1S/C18H19FN2O4S2/c19-14-4-2-1-3-13(14)15-5-6-16(26-15)18(23)20-9-7-17(22)21-12-8-10-27(24,25)11-12/h1-6,12H,7-11H2,(H,20,23)(H,21,22). The van der Waals surface area contributed by atoms with Crippen LogP contribution in [0.3, 0.4) is 0 Å². The van der Waals surface area contributed by atoms with Gasteiger partial charge in [0.25, 0.3) is 5.91 Å². The summed E-state index contributed by atoms with van der Waals surface area (Å²) in [5.41, 5.74) is 0.437. The molecule has 1 saturated heterocycles. The highest BCUT2D eigenvalue weighted by Gasteiger charge is 2.28. The lowest BCUT2D eigenvalue weighted by molar-refractivity contribution is -0.121. The summed E-state index contributed by atoms with van der Waals surface area (Å²) in [6, 6.07) is 9.30. The second kappa shape index (κ2) is 8.18. The number of nitrogens with one attached hydrogen (secondary N) is 2. The molecule has 9 heteroatoms. The average Bonchev–Trinajstić information content (AvgIpc) is 3.22. The molecule has 27 heavy (non-hydrogen) atoms. The number of hydrogen-bond donors (Lipinski definition) is 2. The van der Waals surface area contributed by atoms with Crippen LogP contribution in [0.5, 0.6) is 0 Å². The second-order valence-electron chi connectivity index (χ2n) is 6.32. The Morgan fingerprint density at radius 1 is 1.19 bits per heavy atom. The Morgan fingerprint density at radius 3 is 2.67 bits per heavy atom. The average molecular weight is 410 g/mol. The van der Waals surface area contributed by atoms with Gasteiger partial charge in [-0.3, -0.25) is 9.59 Å². The first-order chi connectivity index (χ1) is 12.8. The molecule has 0 spiro atoms. The van der Waals surface area contributed by atoms with E-state index in [1.165, 1.54) is 17.4 Å². The van der Waals surface area contributed by atoms with Crippen LogP contribution in [-0.2, 0) is 14.6 Å². The van der Waals surface area contributed by atoms with Crippen LogP contribution in [-0.4, -0.2) is 44.3 Å². The van der Waals surface area contributed by atoms with Crippen LogP contribution in [0.4, 0.5) is 4.39 Å². The third kappa shape index (κ3) is 5.14. The largest absolute Gasteiger partial charge is 0.352 e. The number of amides is 2. The highest BCUT2D eigenvalue weighted by molar-refractivity contribution is 7.91. The molecule has 1 aliphatic heterocycles. The third-order valence-electron chi connectivity index (χ3n) is 4.20. The molecule has 2 N–H and O–H groups in total. The van der Waals surface area contributed by atoms with E-state index in [-0.39, 0.29) is 48.1 Å². The quantitative estimate of drug-likeness (QED) is 0.762. The van der Waals surface area contributed by atoms with Gasteiger partial charge < -0.3 is 10.6 Å². The number of carbonyl (C=O) groups is 2. The summed E-state index contributed by atoms with van der Waals surface area (Å²) in [6.45, 7) is 0.136. The van der Waals surface area contributed by atoms with Crippen LogP contribution in [0.2, 0.25) is 0 Å². The van der Waals surface area contributed by atoms with Gasteiger partial charge in [0.1, 0.15) is 5.82 Å². The molecule has 0 radical (unpaired) electrons. The monoisotopic (exact) mass is 410 g/mol. The van der Waals surface area contributed by atoms with Gasteiger partial charge in [-0.15, -0.1) is 11.3 Å². The van der Waals surface area contributed by atoms with Crippen LogP contribution in [0.1, 0.15) is 22.5 Å². The molecule has 3 rings (SSSR count). The van der Waals surface area contributed by atoms with Gasteiger partial charge in [-0.1, -0.05) is 18.2 Å². The lowest BCUT2D eigenvalue weighted by Crippen LogP contribution is -2.37. The van der Waals surface area contributed by atoms with E-state index >= 15 is 0 Å². The van der Waals surface area contributed by atoms with Crippen molar-refractivity contribution in [1.29, 1.82) is 0 Å². The van der Waals surface area contributed by atoms with Gasteiger partial charge in [0.15, 0.2) is 9.84 Å². The van der Waals surface area contributed by atoms with E-state index in [4.69, 9.17) is 0 Å². The third-order valence-corrected chi connectivity index (χ3v) is 7.09. The molecule has 1 aliphatic rings. The van der Waals surface area contributed by atoms with Crippen molar-refractivity contribution in [2.45, 2.75) is 18.9 Å². The van der Waals surface area contributed by atoms with E-state index in [1.807, 2.05) is 0 Å². The van der Waals surface area contributed by atoms with E-state index in [2.05, 4.69) is 10.6 Å². The van der Waals surface area contributed by atoms with Gasteiger partial charge in [0.2, 0.25) is 5.91 Å². The number of hydrogen-bond acceptors (Lipinski definition) is 5. The molecular weight excluding hydrogens is 391 g/mol. The van der Waals surface area contributed by atoms with Crippen molar-refractivity contribution in [3.05, 3.63) is 47.1 Å². The summed E-state index contributed by atoms with van der Waals surface area (Å²) in [7, 11) is -3.04. The van der Waals surface area contributed by atoms with Gasteiger partial charge in [-0.05, 0) is 24.6 Å². The predicted octanol–water partition coefficient (Wildman–Crippen LogP) is 1.98. The Balaban J connectivity index is 1.47. The lowest BCUT2D eigenvalue weighted by Gasteiger charge is -2.10. The Morgan fingerprint density at radius 2 is 1.96 bits per heavy atom. The molecule has 0 saturated carbocycles. The molecule has 6 nitrogen and oxygen atoms in total. The van der Waals surface area contributed by atoms with Crippen LogP contribution in [0.15, 0.2) is 36.4 Å². The maximum absolute atomic E-state index is 13.8. The molecule has 1 fully saturated rings. The number of rotatable bonds is 6. The van der Waals surface area contributed by atoms with Gasteiger partial charge in [0, 0.05) is 29.4 Å². The summed E-state index contributed by atoms with van der Waals surface area (Å²) in [4.78, 5) is 25.1. The Hall–Kier alpha value is -2.26. The van der Waals surface area contributed by atoms with Gasteiger partial charge in [-0.2, -0.15) is 0 Å². The minimum Gasteiger partial charge on any atom is -0.352 e. The van der Waals surface area contributed by atoms with Crippen molar-refractivity contribution in [2.75, 3.05) is 18.1 Å². The summed E-state index contributed by atoms with van der Waals surface area (Å²) < 4.78 is 36.6. The first-order valence-electron chi connectivity index (χ1n) is 8.47. The van der Waals surface area contributed by atoms with Gasteiger partial charge in [-0.25, -0.2) is 12.8 Å². The second-order valence-corrected chi connectivity index (χ2v) is 9.63. The van der Waals surface area contributed by atoms with Crippen LogP contribution in [0, 0.1) is 5.82 Å². The van der Waals surface area contributed by atoms with Crippen molar-refractivity contribution >= 4 is 33.0 Å². The number of thiophene rings is 1. The fraction of sp³-hybridized carbons (Fsp3) is 0.333. The minimum absolute atomic E-state index is 0.0287. The SMILES string of the molecule is O=C(CCNC(=O)c1ccc(-c2ccccc2F)s1)NC1CCS(=O)(=O)C1. The highest BCUT2D eigenvalue weighted by Crippen LogP contribution is 2.29. The Bertz CT molecular complexity index is 956. The molecule has 144 valence electrons. The molecule has 0 aliphatic carbocycles. The van der Waals surface area contributed by atoms with E-state index in [0.29, 0.717) is 21.7 Å². The minimum atomic E-state index is -3.04. The maximum atomic E-state index is 13.8. The molecule has 1 unspecified atom stereocenters. The van der Waals surface area contributed by atoms with Crippen molar-refractivity contribution in [3.8, 4) is 10.4 Å². The molecule has 1 atom stereocenters. The van der Waals surface area contributed by atoms with E-state index in [9.17, 15) is 22.4 Å². The van der Waals surface area contributed by atoms with Crippen molar-refractivity contribution in [3.63, 3.8) is 0 Å². The molecule has 0 bridgehead atoms. The zero-order chi connectivity index (χ0) is 19.4. The zero-order valence-electron chi connectivity index (χ0n) is 14.4. The Kier molecular flexibility index (Phi) is 5.91. The Labute approximate surface area is 160 Å². The topological polar surface area (TPSA) is 92.3 Å². The van der Waals surface area contributed by atoms with Gasteiger partial charge in [0.05, 0.1) is 16.4 Å². The van der Waals surface area contributed by atoms with Crippen LogP contribution in [0.25, 0.3) is 10.4 Å². The lowest BCUT2D eigenvalue weighted by atomic mass is 10.2. The summed E-state index contributed by atoms with van der Waals surface area (Å²) >= 11 is 1.17. The molecule has 2 aromatic rings. The maximum Gasteiger partial charge on any atom is 0.261 e. The molecule has 1 aromatic heterocycles. The summed E-state index contributed by atoms with van der Waals surface area (Å²) in [5.74, 6) is -0.914. The van der Waals surface area contributed by atoms with Crippen molar-refractivity contribution in [1.82, 2.24) is 10.6 Å². The predicted molar refractivity (Wildman–Crippen MR) is 102 cm³/mol. The number of benzene rings is 1. The summed E-state index contributed by atoms with van der Waals surface area (Å²) in [5, 5.41) is 5.32. The molecular formula is C18H19FN2O4S2. The first-order valence-corrected chi connectivity index (χ1v) is 11.1. The number of halogens is 1. The van der Waals surface area contributed by atoms with Crippen molar-refractivity contribution in [2.24, 2.45) is 0 Å². The fourth-order valence-corrected chi connectivity index (χ4v) is 5.47. The van der Waals surface area contributed by atoms with E-state index in [0.717, 1.165) is 0 Å². The van der Waals surface area contributed by atoms with E-state index < -0.39 is 9.84 Å². The summed E-state index contributed by atoms with van der Waals surface area (Å²) in [6.07, 6.45) is 0.488. The van der Waals surface area contributed by atoms with E-state index in [1.54, 1.807) is 30.3 Å². The normalized spacial score (nSPS) is 18.2. The molecule has 1 aromatic carbocycles. The molecule has 2 heterocycles. The van der Waals surface area contributed by atoms with Gasteiger partial charge >= 0.3 is 0 Å². The first kappa shape index (κ1) is 19.5. The zero-order valence-corrected chi connectivity index (χ0v) is 16.0. The molecule has 2 amide bonds. The number of carbonyl (C=O) groups excluding carboxylic acids is 2. The fourth-order valence-electron chi connectivity index (χ4n) is 2.85. The van der Waals surface area contributed by atoms with Crippen LogP contribution < -0.4 is 10.6 Å². The highest BCUT2D eigenvalue weighted by atomic mass is 32.2. The number of sulfone groups is 1. The smallest absolute Gasteiger partial charge is 0.261 e.